The molecular weight excluding hydrogens is 659 g/mol. The number of anilines is 1. The van der Waals surface area contributed by atoms with Gasteiger partial charge in [-0.3, -0.25) is 24.0 Å². The summed E-state index contributed by atoms with van der Waals surface area (Å²) in [5, 5.41) is 3.31. The van der Waals surface area contributed by atoms with Crippen molar-refractivity contribution in [2.24, 2.45) is 5.73 Å². The highest BCUT2D eigenvalue weighted by molar-refractivity contribution is 6.38. The summed E-state index contributed by atoms with van der Waals surface area (Å²) in [6.07, 6.45) is 1.95. The van der Waals surface area contributed by atoms with E-state index in [-0.39, 0.29) is 42.5 Å². The molecule has 1 saturated heterocycles. The number of hydrogen-bond acceptors (Lipinski definition) is 8. The summed E-state index contributed by atoms with van der Waals surface area (Å²) in [5.74, 6) is -0.121. The predicted octanol–water partition coefficient (Wildman–Crippen LogP) is 3.93. The van der Waals surface area contributed by atoms with Crippen LogP contribution in [0.25, 0.3) is 11.0 Å². The van der Waals surface area contributed by atoms with Crippen molar-refractivity contribution in [1.29, 1.82) is 0 Å². The highest BCUT2D eigenvalue weighted by Gasteiger charge is 2.26. The number of carbonyl (C=O) groups excluding carboxylic acids is 3. The van der Waals surface area contributed by atoms with Gasteiger partial charge in [0.05, 0.1) is 42.1 Å². The summed E-state index contributed by atoms with van der Waals surface area (Å²) in [6.45, 7) is 4.44. The van der Waals surface area contributed by atoms with Crippen molar-refractivity contribution < 1.29 is 23.9 Å². The number of pyridine rings is 1. The van der Waals surface area contributed by atoms with Gasteiger partial charge in [0.2, 0.25) is 11.8 Å². The molecule has 48 heavy (non-hydrogen) atoms. The minimum absolute atomic E-state index is 0.00508. The lowest BCUT2D eigenvalue weighted by molar-refractivity contribution is -0.125. The molecule has 15 heteroatoms. The summed E-state index contributed by atoms with van der Waals surface area (Å²) < 4.78 is 13.7. The van der Waals surface area contributed by atoms with Gasteiger partial charge in [-0.05, 0) is 43.3 Å². The van der Waals surface area contributed by atoms with E-state index in [0.29, 0.717) is 66.3 Å². The summed E-state index contributed by atoms with van der Waals surface area (Å²) in [6, 6.07) is 14.5. The molecule has 1 fully saturated rings. The number of nitrogens with one attached hydrogen (secondary N) is 1. The first-order valence-electron chi connectivity index (χ1n) is 15.4. The largest absolute Gasteiger partial charge is 0.486 e. The molecule has 0 bridgehead atoms. The van der Waals surface area contributed by atoms with Crippen LogP contribution in [0.3, 0.4) is 0 Å². The normalized spacial score (nSPS) is 14.9. The number of hydrogen-bond donors (Lipinski definition) is 2. The van der Waals surface area contributed by atoms with E-state index in [1.54, 1.807) is 43.5 Å². The summed E-state index contributed by atoms with van der Waals surface area (Å²) >= 11 is 13.3. The van der Waals surface area contributed by atoms with Crippen LogP contribution in [0.1, 0.15) is 24.6 Å². The van der Waals surface area contributed by atoms with Crippen molar-refractivity contribution in [2.75, 3.05) is 51.8 Å². The zero-order valence-electron chi connectivity index (χ0n) is 27.0. The average molecular weight is 698 g/mol. The highest BCUT2D eigenvalue weighted by Crippen LogP contribution is 2.36. The maximum absolute atomic E-state index is 13.1. The third-order valence-corrected chi connectivity index (χ3v) is 9.07. The van der Waals surface area contributed by atoms with E-state index in [1.165, 1.54) is 4.90 Å². The molecule has 1 unspecified atom stereocenters. The van der Waals surface area contributed by atoms with Gasteiger partial charge in [-0.1, -0.05) is 35.3 Å². The van der Waals surface area contributed by atoms with E-state index >= 15 is 0 Å². The number of halogens is 2. The number of likely N-dealkylation sites (N-methyl/N-ethyl adjacent to an activating group) is 1. The molecule has 4 aromatic rings. The Morgan fingerprint density at radius 2 is 1.92 bits per heavy atom. The Morgan fingerprint density at radius 1 is 1.10 bits per heavy atom. The van der Waals surface area contributed by atoms with Crippen LogP contribution in [0.15, 0.2) is 54.7 Å². The van der Waals surface area contributed by atoms with Crippen LogP contribution in [0.2, 0.25) is 10.0 Å². The number of methoxy groups -OCH3 is 1. The number of urea groups is 1. The number of para-hydroxylation sites is 1. The van der Waals surface area contributed by atoms with Crippen LogP contribution in [0, 0.1) is 0 Å². The average Bonchev–Trinajstić information content (AvgIpc) is 3.44. The first-order valence-corrected chi connectivity index (χ1v) is 16.2. The third kappa shape index (κ3) is 7.92. The Morgan fingerprint density at radius 3 is 2.62 bits per heavy atom. The molecule has 0 saturated carbocycles. The maximum atomic E-state index is 13.1. The molecular formula is C33H38Cl2N8O5. The van der Waals surface area contributed by atoms with E-state index < -0.39 is 6.03 Å². The SMILES string of the molecule is COc1nc2c(OCc3c(Cl)ccc(N(C)C(=O)CNC(=O)CCN4CCN(C(N)=O)C(C)C4)c3Cl)cccc2n1Cc1ccccn1. The van der Waals surface area contributed by atoms with Gasteiger partial charge in [-0.15, -0.1) is 0 Å². The Kier molecular flexibility index (Phi) is 11.2. The predicted molar refractivity (Wildman–Crippen MR) is 184 cm³/mol. The minimum Gasteiger partial charge on any atom is -0.486 e. The molecule has 4 amide bonds. The molecule has 0 spiro atoms. The van der Waals surface area contributed by atoms with Gasteiger partial charge in [-0.25, -0.2) is 4.79 Å². The second-order valence-corrected chi connectivity index (χ2v) is 12.2. The summed E-state index contributed by atoms with van der Waals surface area (Å²) in [4.78, 5) is 51.3. The van der Waals surface area contributed by atoms with Gasteiger partial charge in [0.15, 0.2) is 0 Å². The lowest BCUT2D eigenvalue weighted by atomic mass is 10.2. The van der Waals surface area contributed by atoms with Crippen LogP contribution >= 0.6 is 23.2 Å². The van der Waals surface area contributed by atoms with Crippen molar-refractivity contribution in [2.45, 2.75) is 32.5 Å². The molecule has 5 rings (SSSR count). The molecule has 1 aliphatic rings. The number of piperazine rings is 1. The fourth-order valence-corrected chi connectivity index (χ4v) is 6.25. The first-order chi connectivity index (χ1) is 23.1. The summed E-state index contributed by atoms with van der Waals surface area (Å²) in [7, 11) is 3.14. The summed E-state index contributed by atoms with van der Waals surface area (Å²) in [5.41, 5.74) is 8.56. The van der Waals surface area contributed by atoms with Crippen molar-refractivity contribution in [3.8, 4) is 11.8 Å². The molecule has 1 atom stereocenters. The first kappa shape index (κ1) is 34.7. The zero-order valence-corrected chi connectivity index (χ0v) is 28.5. The molecule has 3 N–H and O–H groups in total. The van der Waals surface area contributed by atoms with E-state index in [1.807, 2.05) is 41.8 Å². The Hall–Kier alpha value is -4.59. The van der Waals surface area contributed by atoms with Crippen LogP contribution < -0.4 is 25.4 Å². The second-order valence-electron chi connectivity index (χ2n) is 11.4. The number of amides is 4. The minimum atomic E-state index is -0.442. The number of rotatable bonds is 12. The molecule has 2 aromatic carbocycles. The van der Waals surface area contributed by atoms with Gasteiger partial charge in [0.25, 0.3) is 6.01 Å². The lowest BCUT2D eigenvalue weighted by Gasteiger charge is -2.38. The Balaban J connectivity index is 1.20. The molecule has 2 aromatic heterocycles. The molecule has 13 nitrogen and oxygen atoms in total. The van der Waals surface area contributed by atoms with Crippen molar-refractivity contribution in [1.82, 2.24) is 29.7 Å². The smallest absolute Gasteiger partial charge is 0.315 e. The number of aromatic nitrogens is 3. The van der Waals surface area contributed by atoms with Crippen LogP contribution in [-0.4, -0.2) is 95.1 Å². The second kappa shape index (κ2) is 15.5. The number of primary amides is 1. The lowest BCUT2D eigenvalue weighted by Crippen LogP contribution is -2.55. The fraction of sp³-hybridized carbons (Fsp3) is 0.364. The molecule has 1 aliphatic heterocycles. The van der Waals surface area contributed by atoms with Crippen LogP contribution in [-0.2, 0) is 22.7 Å². The van der Waals surface area contributed by atoms with Crippen molar-refractivity contribution in [3.63, 3.8) is 0 Å². The fourth-order valence-electron chi connectivity index (χ4n) is 5.64. The maximum Gasteiger partial charge on any atom is 0.315 e. The molecule has 3 heterocycles. The van der Waals surface area contributed by atoms with Gasteiger partial charge >= 0.3 is 6.03 Å². The van der Waals surface area contributed by atoms with Crippen LogP contribution in [0.5, 0.6) is 11.8 Å². The van der Waals surface area contributed by atoms with E-state index in [0.717, 1.165) is 11.2 Å². The Labute approximate surface area is 288 Å². The number of benzene rings is 2. The number of nitrogens with zero attached hydrogens (tertiary/aromatic N) is 6. The Bertz CT molecular complexity index is 1790. The van der Waals surface area contributed by atoms with E-state index in [2.05, 4.69) is 20.2 Å². The number of nitrogens with two attached hydrogens (primary N) is 1. The number of fused-ring (bicyclic) bond motifs is 1. The monoisotopic (exact) mass is 696 g/mol. The van der Waals surface area contributed by atoms with Gasteiger partial charge < -0.3 is 30.3 Å². The number of carbonyl (C=O) groups is 3. The van der Waals surface area contributed by atoms with E-state index in [4.69, 9.17) is 38.4 Å². The molecule has 0 radical (unpaired) electrons. The quantitative estimate of drug-likeness (QED) is 0.227. The van der Waals surface area contributed by atoms with Gasteiger partial charge in [-0.2, -0.15) is 4.98 Å². The third-order valence-electron chi connectivity index (χ3n) is 8.30. The zero-order chi connectivity index (χ0) is 34.4. The standard InChI is InChI=1S/C33H38Cl2N8O5/c1-21-18-41(15-16-42(21)32(36)46)14-12-28(44)38-17-29(45)40(2)25-11-10-24(34)23(30(25)35)20-48-27-9-6-8-26-31(27)39-33(47-3)43(26)19-22-7-4-5-13-37-22/h4-11,13,21H,12,14-20H2,1-3H3,(H2,36,46)(H,38,44). The van der Waals surface area contributed by atoms with Crippen molar-refractivity contribution in [3.05, 3.63) is 76.0 Å². The molecule has 0 aliphatic carbocycles. The number of imidazole rings is 1. The highest BCUT2D eigenvalue weighted by atomic mass is 35.5. The topological polar surface area (TPSA) is 148 Å². The van der Waals surface area contributed by atoms with Gasteiger partial charge in [0.1, 0.15) is 17.9 Å². The van der Waals surface area contributed by atoms with Crippen LogP contribution in [0.4, 0.5) is 10.5 Å². The molecule has 254 valence electrons. The van der Waals surface area contributed by atoms with Gasteiger partial charge in [0, 0.05) is 62.5 Å². The van der Waals surface area contributed by atoms with Crippen molar-refractivity contribution >= 4 is 57.8 Å². The number of ether oxygens (including phenoxy) is 2. The van der Waals surface area contributed by atoms with E-state index in [9.17, 15) is 14.4 Å².